The first kappa shape index (κ1) is 9.65. The number of rotatable bonds is 2. The molecule has 1 aromatic carbocycles. The summed E-state index contributed by atoms with van der Waals surface area (Å²) in [5, 5.41) is 13.7. The van der Waals surface area contributed by atoms with Gasteiger partial charge in [-0.2, -0.15) is 5.10 Å². The van der Waals surface area contributed by atoms with Crippen LogP contribution in [0.3, 0.4) is 0 Å². The normalized spacial score (nSPS) is 10.6. The van der Waals surface area contributed by atoms with Gasteiger partial charge in [0.15, 0.2) is 11.5 Å². The fourth-order valence-electron chi connectivity index (χ4n) is 1.56. The smallest absolute Gasteiger partial charge is 0.245 e. The fourth-order valence-corrected chi connectivity index (χ4v) is 1.56. The Morgan fingerprint density at radius 2 is 2.00 bits per heavy atom. The Labute approximate surface area is 96.9 Å². The summed E-state index contributed by atoms with van der Waals surface area (Å²) in [6, 6.07) is 8.55. The molecule has 5 heteroatoms. The Bertz CT molecular complexity index is 663. The van der Waals surface area contributed by atoms with Gasteiger partial charge in [0, 0.05) is 12.4 Å². The molecule has 3 aromatic rings. The molecule has 0 unspecified atom stereocenters. The number of aromatic nitrogens is 3. The molecule has 1 N–H and O–H groups in total. The average Bonchev–Trinajstić information content (AvgIpc) is 2.81. The van der Waals surface area contributed by atoms with E-state index < -0.39 is 0 Å². The van der Waals surface area contributed by atoms with Crippen molar-refractivity contribution in [3.8, 4) is 17.4 Å². The molecule has 0 saturated carbocycles. The van der Waals surface area contributed by atoms with E-state index in [0.717, 1.165) is 5.52 Å². The predicted octanol–water partition coefficient (Wildman–Crippen LogP) is 2.23. The first-order valence-corrected chi connectivity index (χ1v) is 5.09. The lowest BCUT2D eigenvalue weighted by molar-refractivity contribution is 0.404. The number of benzene rings is 1. The van der Waals surface area contributed by atoms with Crippen LogP contribution in [-0.4, -0.2) is 19.7 Å². The van der Waals surface area contributed by atoms with Gasteiger partial charge in [-0.25, -0.2) is 9.50 Å². The summed E-state index contributed by atoms with van der Waals surface area (Å²) in [5.74, 6) is 0.858. The van der Waals surface area contributed by atoms with Crippen LogP contribution in [-0.2, 0) is 0 Å². The van der Waals surface area contributed by atoms with E-state index in [-0.39, 0.29) is 5.75 Å². The van der Waals surface area contributed by atoms with Crippen LogP contribution in [0.1, 0.15) is 0 Å². The number of hydrogen-bond donors (Lipinski definition) is 1. The molecule has 0 fully saturated rings. The number of para-hydroxylation sites is 2. The van der Waals surface area contributed by atoms with E-state index in [1.165, 1.54) is 0 Å². The summed E-state index contributed by atoms with van der Waals surface area (Å²) in [6.07, 6.45) is 4.98. The minimum Gasteiger partial charge on any atom is -0.504 e. The first-order chi connectivity index (χ1) is 8.34. The van der Waals surface area contributed by atoms with Gasteiger partial charge < -0.3 is 9.84 Å². The quantitative estimate of drug-likeness (QED) is 0.729. The minimum atomic E-state index is 0.0795. The summed E-state index contributed by atoms with van der Waals surface area (Å²) in [6.45, 7) is 0. The van der Waals surface area contributed by atoms with E-state index in [1.54, 1.807) is 53.4 Å². The maximum Gasteiger partial charge on any atom is 0.245 e. The Balaban J connectivity index is 2.06. The zero-order valence-corrected chi connectivity index (χ0v) is 8.82. The molecular formula is C12H9N3O2. The Kier molecular flexibility index (Phi) is 2.15. The van der Waals surface area contributed by atoms with Gasteiger partial charge in [-0.15, -0.1) is 0 Å². The molecule has 0 aliphatic carbocycles. The van der Waals surface area contributed by atoms with E-state index in [4.69, 9.17) is 4.74 Å². The number of phenols is 1. The van der Waals surface area contributed by atoms with E-state index in [9.17, 15) is 5.11 Å². The molecule has 84 valence electrons. The Hall–Kier alpha value is -2.56. The molecule has 0 aliphatic heterocycles. The molecule has 3 rings (SSSR count). The van der Waals surface area contributed by atoms with Crippen LogP contribution in [0.4, 0.5) is 0 Å². The summed E-state index contributed by atoms with van der Waals surface area (Å²) in [4.78, 5) is 4.12. The molecule has 17 heavy (non-hydrogen) atoms. The third-order valence-electron chi connectivity index (χ3n) is 2.36. The van der Waals surface area contributed by atoms with Crippen LogP contribution >= 0.6 is 0 Å². The van der Waals surface area contributed by atoms with Crippen LogP contribution < -0.4 is 4.74 Å². The summed E-state index contributed by atoms with van der Waals surface area (Å²) < 4.78 is 7.21. The highest BCUT2D eigenvalue weighted by Gasteiger charge is 2.07. The minimum absolute atomic E-state index is 0.0795. The summed E-state index contributed by atoms with van der Waals surface area (Å²) in [5.41, 5.74) is 0.746. The second-order valence-corrected chi connectivity index (χ2v) is 3.46. The van der Waals surface area contributed by atoms with Gasteiger partial charge in [-0.1, -0.05) is 12.1 Å². The Morgan fingerprint density at radius 3 is 2.88 bits per heavy atom. The molecule has 0 bridgehead atoms. The third-order valence-corrected chi connectivity index (χ3v) is 2.36. The van der Waals surface area contributed by atoms with E-state index in [2.05, 4.69) is 10.1 Å². The second kappa shape index (κ2) is 3.79. The SMILES string of the molecule is Oc1ccccc1Oc1nccn2nccc12. The number of phenolic OH excluding ortho intramolecular Hbond substituents is 1. The van der Waals surface area contributed by atoms with Crippen LogP contribution in [0, 0.1) is 0 Å². The van der Waals surface area contributed by atoms with Crippen molar-refractivity contribution in [2.75, 3.05) is 0 Å². The second-order valence-electron chi connectivity index (χ2n) is 3.46. The van der Waals surface area contributed by atoms with Crippen LogP contribution in [0.2, 0.25) is 0 Å². The van der Waals surface area contributed by atoms with E-state index >= 15 is 0 Å². The zero-order valence-electron chi connectivity index (χ0n) is 8.82. The molecule has 0 aliphatic rings. The lowest BCUT2D eigenvalue weighted by Crippen LogP contribution is -1.93. The van der Waals surface area contributed by atoms with Gasteiger partial charge in [0.05, 0.1) is 6.20 Å². The Morgan fingerprint density at radius 1 is 1.12 bits per heavy atom. The number of ether oxygens (including phenoxy) is 1. The van der Waals surface area contributed by atoms with Gasteiger partial charge in [-0.3, -0.25) is 0 Å². The topological polar surface area (TPSA) is 59.7 Å². The predicted molar refractivity (Wildman–Crippen MR) is 61.2 cm³/mol. The zero-order chi connectivity index (χ0) is 11.7. The summed E-state index contributed by atoms with van der Waals surface area (Å²) in [7, 11) is 0. The number of fused-ring (bicyclic) bond motifs is 1. The van der Waals surface area contributed by atoms with Crippen molar-refractivity contribution in [1.82, 2.24) is 14.6 Å². The highest BCUT2D eigenvalue weighted by molar-refractivity contribution is 5.56. The molecule has 0 spiro atoms. The van der Waals surface area contributed by atoms with Gasteiger partial charge in [0.25, 0.3) is 0 Å². The molecule has 0 atom stereocenters. The van der Waals surface area contributed by atoms with Crippen molar-refractivity contribution in [2.45, 2.75) is 0 Å². The molecule has 2 heterocycles. The first-order valence-electron chi connectivity index (χ1n) is 5.09. The highest BCUT2D eigenvalue weighted by Crippen LogP contribution is 2.30. The summed E-state index contributed by atoms with van der Waals surface area (Å²) >= 11 is 0. The van der Waals surface area contributed by atoms with Crippen molar-refractivity contribution in [2.24, 2.45) is 0 Å². The lowest BCUT2D eigenvalue weighted by Gasteiger charge is -2.06. The fraction of sp³-hybridized carbons (Fsp3) is 0. The van der Waals surface area contributed by atoms with Crippen LogP contribution in [0.15, 0.2) is 48.9 Å². The molecule has 5 nitrogen and oxygen atoms in total. The maximum atomic E-state index is 9.62. The number of aromatic hydroxyl groups is 1. The van der Waals surface area contributed by atoms with E-state index in [1.807, 2.05) is 0 Å². The largest absolute Gasteiger partial charge is 0.504 e. The van der Waals surface area contributed by atoms with Crippen molar-refractivity contribution in [3.63, 3.8) is 0 Å². The van der Waals surface area contributed by atoms with Gasteiger partial charge in [-0.05, 0) is 18.2 Å². The number of nitrogens with zero attached hydrogens (tertiary/aromatic N) is 3. The lowest BCUT2D eigenvalue weighted by atomic mass is 10.3. The molecule has 0 saturated heterocycles. The molecule has 0 radical (unpaired) electrons. The monoisotopic (exact) mass is 227 g/mol. The van der Waals surface area contributed by atoms with Crippen molar-refractivity contribution < 1.29 is 9.84 Å². The molecular weight excluding hydrogens is 218 g/mol. The van der Waals surface area contributed by atoms with Crippen LogP contribution in [0.5, 0.6) is 17.4 Å². The van der Waals surface area contributed by atoms with Gasteiger partial charge in [0.2, 0.25) is 5.88 Å². The van der Waals surface area contributed by atoms with Crippen molar-refractivity contribution in [1.29, 1.82) is 0 Å². The molecule has 2 aromatic heterocycles. The van der Waals surface area contributed by atoms with Gasteiger partial charge in [0.1, 0.15) is 5.52 Å². The maximum absolute atomic E-state index is 9.62. The standard InChI is InChI=1S/C12H9N3O2/c16-10-3-1-2-4-11(10)17-12-9-5-6-14-15(9)8-7-13-12/h1-8,16H. The average molecular weight is 227 g/mol. The third kappa shape index (κ3) is 1.67. The van der Waals surface area contributed by atoms with Crippen LogP contribution in [0.25, 0.3) is 5.52 Å². The van der Waals surface area contributed by atoms with Crippen molar-refractivity contribution in [3.05, 3.63) is 48.9 Å². The van der Waals surface area contributed by atoms with Gasteiger partial charge >= 0.3 is 0 Å². The molecule has 0 amide bonds. The van der Waals surface area contributed by atoms with Crippen molar-refractivity contribution >= 4 is 5.52 Å². The highest BCUT2D eigenvalue weighted by atomic mass is 16.5. The number of hydrogen-bond acceptors (Lipinski definition) is 4. The van der Waals surface area contributed by atoms with E-state index in [0.29, 0.717) is 11.6 Å².